The molecule has 0 saturated heterocycles. The van der Waals surface area contributed by atoms with E-state index in [4.69, 9.17) is 0 Å². The molecule has 3 aromatic rings. The molecule has 0 fully saturated rings. The van der Waals surface area contributed by atoms with E-state index in [0.29, 0.717) is 11.2 Å². The summed E-state index contributed by atoms with van der Waals surface area (Å²) in [6, 6.07) is 9.11. The molecule has 94 valence electrons. The Morgan fingerprint density at radius 1 is 1.21 bits per heavy atom. The van der Waals surface area contributed by atoms with Crippen LogP contribution in [0.5, 0.6) is 0 Å². The fourth-order valence-corrected chi connectivity index (χ4v) is 1.95. The number of hydrogen-bond donors (Lipinski definition) is 2. The summed E-state index contributed by atoms with van der Waals surface area (Å²) in [6.07, 6.45) is 3.06. The van der Waals surface area contributed by atoms with Gasteiger partial charge in [-0.25, -0.2) is 9.97 Å². The highest BCUT2D eigenvalue weighted by atomic mass is 79.9. The molecule has 2 aromatic heterocycles. The minimum atomic E-state index is -0.202. The van der Waals surface area contributed by atoms with Crippen molar-refractivity contribution in [3.8, 4) is 0 Å². The van der Waals surface area contributed by atoms with Crippen LogP contribution in [0.25, 0.3) is 11.2 Å². The fraction of sp³-hybridized carbons (Fsp3) is 0. The van der Waals surface area contributed by atoms with Gasteiger partial charge < -0.3 is 10.3 Å². The molecule has 2 N–H and O–H groups in total. The molecular formula is C13H9BrN4O. The van der Waals surface area contributed by atoms with Gasteiger partial charge in [0.15, 0.2) is 5.65 Å². The number of hydrogen-bond acceptors (Lipinski definition) is 3. The van der Waals surface area contributed by atoms with Crippen LogP contribution in [-0.4, -0.2) is 20.9 Å². The van der Waals surface area contributed by atoms with Crippen LogP contribution in [0.2, 0.25) is 0 Å². The van der Waals surface area contributed by atoms with Crippen molar-refractivity contribution in [1.82, 2.24) is 15.0 Å². The number of carbonyl (C=O) groups excluding carboxylic acids is 1. The van der Waals surface area contributed by atoms with Gasteiger partial charge in [-0.2, -0.15) is 0 Å². The molecular weight excluding hydrogens is 308 g/mol. The van der Waals surface area contributed by atoms with Crippen LogP contribution in [0.15, 0.2) is 47.3 Å². The number of nitrogens with zero attached hydrogens (tertiary/aromatic N) is 2. The van der Waals surface area contributed by atoms with Crippen LogP contribution in [0, 0.1) is 0 Å². The number of nitrogens with one attached hydrogen (secondary N) is 2. The topological polar surface area (TPSA) is 70.7 Å². The number of carbonyl (C=O) groups is 1. The van der Waals surface area contributed by atoms with Crippen molar-refractivity contribution in [1.29, 1.82) is 0 Å². The molecule has 3 rings (SSSR count). The Bertz CT molecular complexity index is 736. The van der Waals surface area contributed by atoms with Gasteiger partial charge in [0.05, 0.1) is 17.4 Å². The van der Waals surface area contributed by atoms with Gasteiger partial charge >= 0.3 is 0 Å². The van der Waals surface area contributed by atoms with Crippen LogP contribution in [0.1, 0.15) is 10.4 Å². The van der Waals surface area contributed by atoms with Crippen molar-refractivity contribution >= 4 is 38.7 Å². The SMILES string of the molecule is O=C(Nc1ccc(Br)cc1)c1cnc2nc[nH]c2c1. The summed E-state index contributed by atoms with van der Waals surface area (Å²) in [5, 5.41) is 2.81. The van der Waals surface area contributed by atoms with Gasteiger partial charge in [0.25, 0.3) is 5.91 Å². The predicted octanol–water partition coefficient (Wildman–Crippen LogP) is 2.97. The maximum atomic E-state index is 12.1. The summed E-state index contributed by atoms with van der Waals surface area (Å²) >= 11 is 3.35. The standard InChI is InChI=1S/C13H9BrN4O/c14-9-1-3-10(4-2-9)18-13(19)8-5-11-12(15-6-8)17-7-16-11/h1-7H,(H,18,19)(H,15,16,17). The lowest BCUT2D eigenvalue weighted by atomic mass is 10.2. The second kappa shape index (κ2) is 4.81. The van der Waals surface area contributed by atoms with Crippen LogP contribution < -0.4 is 5.32 Å². The Morgan fingerprint density at radius 2 is 2.00 bits per heavy atom. The molecule has 0 radical (unpaired) electrons. The molecule has 0 aliphatic heterocycles. The second-order valence-electron chi connectivity index (χ2n) is 3.96. The molecule has 1 aromatic carbocycles. The predicted molar refractivity (Wildman–Crippen MR) is 76.0 cm³/mol. The van der Waals surface area contributed by atoms with Gasteiger partial charge in [0, 0.05) is 16.4 Å². The Balaban J connectivity index is 1.84. The monoisotopic (exact) mass is 316 g/mol. The maximum absolute atomic E-state index is 12.1. The first-order valence-corrected chi connectivity index (χ1v) is 6.38. The number of aromatic nitrogens is 3. The van der Waals surface area contributed by atoms with E-state index in [0.717, 1.165) is 15.7 Å². The van der Waals surface area contributed by atoms with Gasteiger partial charge in [-0.3, -0.25) is 4.79 Å². The summed E-state index contributed by atoms with van der Waals surface area (Å²) in [7, 11) is 0. The molecule has 6 heteroatoms. The first-order valence-electron chi connectivity index (χ1n) is 5.58. The fourth-order valence-electron chi connectivity index (χ4n) is 1.69. The largest absolute Gasteiger partial charge is 0.343 e. The average Bonchev–Trinajstić information content (AvgIpc) is 2.88. The zero-order valence-electron chi connectivity index (χ0n) is 9.72. The van der Waals surface area contributed by atoms with Crippen molar-refractivity contribution in [2.75, 3.05) is 5.32 Å². The highest BCUT2D eigenvalue weighted by molar-refractivity contribution is 9.10. The number of halogens is 1. The van der Waals surface area contributed by atoms with Crippen molar-refractivity contribution in [3.05, 3.63) is 52.9 Å². The van der Waals surface area contributed by atoms with E-state index in [1.54, 1.807) is 12.4 Å². The molecule has 0 aliphatic carbocycles. The lowest BCUT2D eigenvalue weighted by molar-refractivity contribution is 0.102. The third-order valence-electron chi connectivity index (χ3n) is 2.64. The normalized spacial score (nSPS) is 10.6. The quantitative estimate of drug-likeness (QED) is 0.763. The zero-order valence-corrected chi connectivity index (χ0v) is 11.3. The first kappa shape index (κ1) is 11.9. The third kappa shape index (κ3) is 2.48. The lowest BCUT2D eigenvalue weighted by Gasteiger charge is -2.04. The van der Waals surface area contributed by atoms with Crippen molar-refractivity contribution in [2.24, 2.45) is 0 Å². The number of fused-ring (bicyclic) bond motifs is 1. The number of H-pyrrole nitrogens is 1. The Kier molecular flexibility index (Phi) is 3.00. The van der Waals surface area contributed by atoms with Crippen molar-refractivity contribution < 1.29 is 4.79 Å². The van der Waals surface area contributed by atoms with E-state index < -0.39 is 0 Å². The minimum absolute atomic E-state index is 0.202. The minimum Gasteiger partial charge on any atom is -0.343 e. The van der Waals surface area contributed by atoms with E-state index in [1.807, 2.05) is 24.3 Å². The van der Waals surface area contributed by atoms with Gasteiger partial charge in [-0.05, 0) is 30.3 Å². The van der Waals surface area contributed by atoms with Crippen molar-refractivity contribution in [3.63, 3.8) is 0 Å². The zero-order chi connectivity index (χ0) is 13.2. The van der Waals surface area contributed by atoms with Crippen LogP contribution >= 0.6 is 15.9 Å². The molecule has 0 spiro atoms. The van der Waals surface area contributed by atoms with Crippen LogP contribution in [-0.2, 0) is 0 Å². The molecule has 1 amide bonds. The van der Waals surface area contributed by atoms with E-state index >= 15 is 0 Å². The van der Waals surface area contributed by atoms with E-state index in [-0.39, 0.29) is 5.91 Å². The Hall–Kier alpha value is -2.21. The number of pyridine rings is 1. The van der Waals surface area contributed by atoms with Gasteiger partial charge in [0.1, 0.15) is 0 Å². The van der Waals surface area contributed by atoms with Gasteiger partial charge in [-0.15, -0.1) is 0 Å². The van der Waals surface area contributed by atoms with Crippen LogP contribution in [0.4, 0.5) is 5.69 Å². The molecule has 2 heterocycles. The van der Waals surface area contributed by atoms with E-state index in [1.165, 1.54) is 6.20 Å². The lowest BCUT2D eigenvalue weighted by Crippen LogP contribution is -2.12. The number of amides is 1. The third-order valence-corrected chi connectivity index (χ3v) is 3.17. The summed E-state index contributed by atoms with van der Waals surface area (Å²) in [5.41, 5.74) is 2.56. The molecule has 0 aliphatic rings. The number of rotatable bonds is 2. The second-order valence-corrected chi connectivity index (χ2v) is 4.87. The molecule has 0 atom stereocenters. The summed E-state index contributed by atoms with van der Waals surface area (Å²) in [4.78, 5) is 23.1. The smallest absolute Gasteiger partial charge is 0.257 e. The number of anilines is 1. The number of benzene rings is 1. The number of aromatic amines is 1. The molecule has 0 saturated carbocycles. The molecule has 0 bridgehead atoms. The van der Waals surface area contributed by atoms with Crippen molar-refractivity contribution in [2.45, 2.75) is 0 Å². The molecule has 19 heavy (non-hydrogen) atoms. The molecule has 0 unspecified atom stereocenters. The molecule has 5 nitrogen and oxygen atoms in total. The van der Waals surface area contributed by atoms with Gasteiger partial charge in [-0.1, -0.05) is 15.9 Å². The Labute approximate surface area is 117 Å². The van der Waals surface area contributed by atoms with Crippen LogP contribution in [0.3, 0.4) is 0 Å². The van der Waals surface area contributed by atoms with Gasteiger partial charge in [0.2, 0.25) is 0 Å². The number of imidazole rings is 1. The van der Waals surface area contributed by atoms with E-state index in [9.17, 15) is 4.79 Å². The van der Waals surface area contributed by atoms with E-state index in [2.05, 4.69) is 36.2 Å². The highest BCUT2D eigenvalue weighted by Crippen LogP contribution is 2.15. The highest BCUT2D eigenvalue weighted by Gasteiger charge is 2.08. The maximum Gasteiger partial charge on any atom is 0.257 e. The average molecular weight is 317 g/mol. The summed E-state index contributed by atoms with van der Waals surface area (Å²) in [6.45, 7) is 0. The first-order chi connectivity index (χ1) is 9.22. The summed E-state index contributed by atoms with van der Waals surface area (Å²) < 4.78 is 0.964. The summed E-state index contributed by atoms with van der Waals surface area (Å²) in [5.74, 6) is -0.202. The Morgan fingerprint density at radius 3 is 2.79 bits per heavy atom.